The van der Waals surface area contributed by atoms with Crippen LogP contribution in [0, 0.1) is 0 Å². The third kappa shape index (κ3) is 3.92. The van der Waals surface area contributed by atoms with Crippen LogP contribution >= 0.6 is 23.4 Å². The standard InChI is InChI=1S/C18H13ClN2O3S/c1-21-16(22)15(10-11-2-4-12(5-3-11)17(23)24)25-18(21)20-14-8-6-13(19)7-9-14/h2-10H,1H3,(H,23,24)/p-1/b15-10-,20-18?. The van der Waals surface area contributed by atoms with Gasteiger partial charge in [-0.2, -0.15) is 0 Å². The fourth-order valence-electron chi connectivity index (χ4n) is 2.14. The van der Waals surface area contributed by atoms with E-state index in [1.165, 1.54) is 28.8 Å². The number of amides is 1. The highest BCUT2D eigenvalue weighted by molar-refractivity contribution is 8.18. The predicted octanol–water partition coefficient (Wildman–Crippen LogP) is 2.94. The molecule has 2 aromatic rings. The molecule has 0 radical (unpaired) electrons. The topological polar surface area (TPSA) is 72.8 Å². The molecule has 5 nitrogen and oxygen atoms in total. The summed E-state index contributed by atoms with van der Waals surface area (Å²) in [5.41, 5.74) is 1.52. The van der Waals surface area contributed by atoms with Crippen LogP contribution in [0.5, 0.6) is 0 Å². The Morgan fingerprint density at radius 1 is 1.16 bits per heavy atom. The lowest BCUT2D eigenvalue weighted by molar-refractivity contribution is -0.255. The van der Waals surface area contributed by atoms with E-state index in [9.17, 15) is 14.7 Å². The van der Waals surface area contributed by atoms with Crippen LogP contribution in [0.3, 0.4) is 0 Å². The van der Waals surface area contributed by atoms with Crippen LogP contribution in [0.2, 0.25) is 5.02 Å². The number of carbonyl (C=O) groups excluding carboxylic acids is 2. The zero-order valence-electron chi connectivity index (χ0n) is 13.1. The van der Waals surface area contributed by atoms with Crippen molar-refractivity contribution < 1.29 is 14.7 Å². The smallest absolute Gasteiger partial charge is 0.266 e. The molecule has 0 saturated carbocycles. The fourth-order valence-corrected chi connectivity index (χ4v) is 3.26. The van der Waals surface area contributed by atoms with Gasteiger partial charge in [0.2, 0.25) is 0 Å². The third-order valence-electron chi connectivity index (χ3n) is 3.50. The van der Waals surface area contributed by atoms with E-state index in [-0.39, 0.29) is 11.5 Å². The van der Waals surface area contributed by atoms with Crippen molar-refractivity contribution in [1.29, 1.82) is 0 Å². The normalized spacial score (nSPS) is 17.5. The van der Waals surface area contributed by atoms with E-state index < -0.39 is 5.97 Å². The SMILES string of the molecule is CN1C(=O)/C(=C/c2ccc(C(=O)[O-])cc2)SC1=Nc1ccc(Cl)cc1. The van der Waals surface area contributed by atoms with Crippen molar-refractivity contribution in [3.63, 3.8) is 0 Å². The van der Waals surface area contributed by atoms with E-state index in [0.29, 0.717) is 20.8 Å². The molecule has 1 heterocycles. The minimum Gasteiger partial charge on any atom is -0.545 e. The summed E-state index contributed by atoms with van der Waals surface area (Å²) < 4.78 is 0. The van der Waals surface area contributed by atoms with Crippen LogP contribution in [0.15, 0.2) is 58.4 Å². The van der Waals surface area contributed by atoms with Crippen LogP contribution < -0.4 is 5.11 Å². The van der Waals surface area contributed by atoms with E-state index in [0.717, 1.165) is 5.56 Å². The van der Waals surface area contributed by atoms with Gasteiger partial charge in [0.15, 0.2) is 5.17 Å². The molecule has 1 aliphatic rings. The number of amidine groups is 1. The van der Waals surface area contributed by atoms with Gasteiger partial charge in [-0.05, 0) is 53.2 Å². The zero-order valence-corrected chi connectivity index (χ0v) is 14.7. The Labute approximate surface area is 153 Å². The molecule has 1 amide bonds. The largest absolute Gasteiger partial charge is 0.545 e. The Bertz CT molecular complexity index is 890. The van der Waals surface area contributed by atoms with Gasteiger partial charge in [0.1, 0.15) is 0 Å². The first-order valence-electron chi connectivity index (χ1n) is 7.27. The van der Waals surface area contributed by atoms with Gasteiger partial charge in [0.05, 0.1) is 16.6 Å². The van der Waals surface area contributed by atoms with Crippen LogP contribution in [0.4, 0.5) is 5.69 Å². The number of aromatic carboxylic acids is 1. The number of carboxylic acids is 1. The lowest BCUT2D eigenvalue weighted by Crippen LogP contribution is -2.23. The minimum atomic E-state index is -1.23. The number of hydrogen-bond donors (Lipinski definition) is 0. The molecule has 1 fully saturated rings. The van der Waals surface area contributed by atoms with Crippen molar-refractivity contribution >= 4 is 52.2 Å². The molecular weight excluding hydrogens is 360 g/mol. The van der Waals surface area contributed by atoms with Crippen molar-refractivity contribution in [2.75, 3.05) is 7.05 Å². The Balaban J connectivity index is 1.85. The molecule has 0 atom stereocenters. The zero-order chi connectivity index (χ0) is 18.0. The van der Waals surface area contributed by atoms with Gasteiger partial charge in [-0.25, -0.2) is 4.99 Å². The number of nitrogens with zero attached hydrogens (tertiary/aromatic N) is 2. The summed E-state index contributed by atoms with van der Waals surface area (Å²) in [4.78, 5) is 29.6. The second-order valence-corrected chi connectivity index (χ2v) is 6.70. The van der Waals surface area contributed by atoms with Gasteiger partial charge >= 0.3 is 0 Å². The van der Waals surface area contributed by atoms with Crippen molar-refractivity contribution in [1.82, 2.24) is 4.90 Å². The Morgan fingerprint density at radius 3 is 2.40 bits per heavy atom. The highest BCUT2D eigenvalue weighted by Crippen LogP contribution is 2.33. The predicted molar refractivity (Wildman–Crippen MR) is 97.7 cm³/mol. The van der Waals surface area contributed by atoms with E-state index >= 15 is 0 Å². The molecule has 0 spiro atoms. The maximum Gasteiger partial charge on any atom is 0.266 e. The fraction of sp³-hybridized carbons (Fsp3) is 0.0556. The molecule has 0 aromatic heterocycles. The molecule has 25 heavy (non-hydrogen) atoms. The van der Waals surface area contributed by atoms with E-state index in [4.69, 9.17) is 11.6 Å². The highest BCUT2D eigenvalue weighted by atomic mass is 35.5. The maximum atomic E-state index is 12.4. The summed E-state index contributed by atoms with van der Waals surface area (Å²) >= 11 is 7.11. The average molecular weight is 372 g/mol. The van der Waals surface area contributed by atoms with E-state index in [2.05, 4.69) is 4.99 Å². The van der Waals surface area contributed by atoms with E-state index in [1.54, 1.807) is 49.5 Å². The highest BCUT2D eigenvalue weighted by Gasteiger charge is 2.30. The van der Waals surface area contributed by atoms with Crippen LogP contribution in [0.1, 0.15) is 15.9 Å². The average Bonchev–Trinajstić information content (AvgIpc) is 2.85. The van der Waals surface area contributed by atoms with E-state index in [1.807, 2.05) is 0 Å². The third-order valence-corrected chi connectivity index (χ3v) is 4.81. The van der Waals surface area contributed by atoms with Gasteiger partial charge in [0, 0.05) is 12.1 Å². The summed E-state index contributed by atoms with van der Waals surface area (Å²) in [5.74, 6) is -1.40. The van der Waals surface area contributed by atoms with Gasteiger partial charge in [-0.3, -0.25) is 9.69 Å². The number of likely N-dealkylation sites (N-methyl/N-ethyl adjacent to an activating group) is 1. The molecule has 0 unspecified atom stereocenters. The Kier molecular flexibility index (Phi) is 4.92. The number of aliphatic imine (C=N–C) groups is 1. The molecular formula is C18H12ClN2O3S-. The number of halogens is 1. The van der Waals surface area contributed by atoms with Gasteiger partial charge in [0.25, 0.3) is 5.91 Å². The first kappa shape index (κ1) is 17.3. The van der Waals surface area contributed by atoms with Crippen molar-refractivity contribution in [2.45, 2.75) is 0 Å². The van der Waals surface area contributed by atoms with Gasteiger partial charge < -0.3 is 9.90 Å². The first-order valence-corrected chi connectivity index (χ1v) is 8.47. The maximum absolute atomic E-state index is 12.4. The summed E-state index contributed by atoms with van der Waals surface area (Å²) in [6.45, 7) is 0. The minimum absolute atomic E-state index is 0.0923. The Morgan fingerprint density at radius 2 is 1.80 bits per heavy atom. The van der Waals surface area contributed by atoms with Crippen LogP contribution in [0.25, 0.3) is 6.08 Å². The number of rotatable bonds is 3. The molecule has 1 saturated heterocycles. The van der Waals surface area contributed by atoms with Crippen molar-refractivity contribution in [2.24, 2.45) is 4.99 Å². The molecule has 2 aromatic carbocycles. The van der Waals surface area contributed by atoms with Crippen molar-refractivity contribution in [3.05, 3.63) is 69.6 Å². The van der Waals surface area contributed by atoms with Crippen molar-refractivity contribution in [3.8, 4) is 0 Å². The number of benzene rings is 2. The molecule has 0 bridgehead atoms. The molecule has 3 rings (SSSR count). The second kappa shape index (κ2) is 7.13. The first-order chi connectivity index (χ1) is 11.9. The van der Waals surface area contributed by atoms with Gasteiger partial charge in [-0.1, -0.05) is 35.9 Å². The Hall–Kier alpha value is -2.57. The molecule has 0 aliphatic carbocycles. The molecule has 0 N–H and O–H groups in total. The summed E-state index contributed by atoms with van der Waals surface area (Å²) in [5, 5.41) is 12.0. The van der Waals surface area contributed by atoms with Gasteiger partial charge in [-0.15, -0.1) is 0 Å². The lowest BCUT2D eigenvalue weighted by atomic mass is 10.1. The number of carboxylic acid groups (broad SMARTS) is 1. The summed E-state index contributed by atoms with van der Waals surface area (Å²) in [7, 11) is 1.66. The lowest BCUT2D eigenvalue weighted by Gasteiger charge is -2.07. The monoisotopic (exact) mass is 371 g/mol. The second-order valence-electron chi connectivity index (χ2n) is 5.26. The summed E-state index contributed by atoms with van der Waals surface area (Å²) in [6.07, 6.45) is 1.70. The number of thioether (sulfide) groups is 1. The summed E-state index contributed by atoms with van der Waals surface area (Å²) in [6, 6.07) is 13.1. The molecule has 7 heteroatoms. The van der Waals surface area contributed by atoms with Crippen LogP contribution in [-0.2, 0) is 4.79 Å². The molecule has 1 aliphatic heterocycles. The molecule has 126 valence electrons. The number of hydrogen-bond acceptors (Lipinski definition) is 5. The van der Waals surface area contributed by atoms with Crippen LogP contribution in [-0.4, -0.2) is 29.0 Å². The quantitative estimate of drug-likeness (QED) is 0.777. The number of carbonyl (C=O) groups is 2.